The van der Waals surface area contributed by atoms with E-state index < -0.39 is 8.25 Å². The molecule has 0 unspecified atom stereocenters. The highest BCUT2D eigenvalue weighted by Gasteiger charge is 1.61. The molecule has 0 rings (SSSR count). The molecule has 0 fully saturated rings. The number of hydrogen-bond donors (Lipinski definition) is 6. The lowest BCUT2D eigenvalue weighted by Crippen LogP contribution is -1.85. The lowest BCUT2D eigenvalue weighted by atomic mass is 10.8. The maximum atomic E-state index is 8.74. The van der Waals surface area contributed by atoms with Gasteiger partial charge >= 0.3 is 8.25 Å². The minimum absolute atomic E-state index is 0.125. The zero-order valence-electron chi connectivity index (χ0n) is 6.42. The molecule has 8 heteroatoms. The molecule has 0 aromatic rings. The van der Waals surface area contributed by atoms with Gasteiger partial charge in [0, 0.05) is 0 Å². The van der Waals surface area contributed by atoms with E-state index in [4.69, 9.17) is 34.8 Å². The van der Waals surface area contributed by atoms with E-state index in [9.17, 15) is 0 Å². The minimum atomic E-state index is -3.13. The van der Waals surface area contributed by atoms with Gasteiger partial charge in [0.25, 0.3) is 0 Å². The average Bonchev–Trinajstić information content (AvgIpc) is 2.03. The van der Waals surface area contributed by atoms with Crippen LogP contribution >= 0.6 is 8.25 Å². The Balaban J connectivity index is -0.000000101. The second kappa shape index (κ2) is 22.4. The second-order valence-corrected chi connectivity index (χ2v) is 1.74. The summed E-state index contributed by atoms with van der Waals surface area (Å²) in [6.07, 6.45) is 0. The quantitative estimate of drug-likeness (QED) is 0.270. The molecule has 0 spiro atoms. The predicted molar refractivity (Wildman–Crippen MR) is 41.8 cm³/mol. The van der Waals surface area contributed by atoms with E-state index in [2.05, 4.69) is 0 Å². The summed E-state index contributed by atoms with van der Waals surface area (Å²) in [7, 11) is -3.13. The van der Waals surface area contributed by atoms with E-state index in [-0.39, 0.29) is 26.4 Å². The topological polar surface area (TPSA) is 138 Å². The zero-order chi connectivity index (χ0) is 10.4. The smallest absolute Gasteiger partial charge is 0.314 e. The van der Waals surface area contributed by atoms with E-state index >= 15 is 0 Å². The highest BCUT2D eigenvalue weighted by Crippen LogP contribution is 1.98. The van der Waals surface area contributed by atoms with Crippen LogP contribution in [-0.4, -0.2) is 56.6 Å². The Morgan fingerprint density at radius 1 is 0.750 bits per heavy atom. The van der Waals surface area contributed by atoms with Crippen LogP contribution in [0.4, 0.5) is 0 Å². The van der Waals surface area contributed by atoms with Gasteiger partial charge in [0.2, 0.25) is 0 Å². The molecule has 0 saturated carbocycles. The van der Waals surface area contributed by atoms with Crippen LogP contribution in [-0.2, 0) is 4.57 Å². The maximum absolute atomic E-state index is 8.74. The van der Waals surface area contributed by atoms with Crippen LogP contribution in [0.3, 0.4) is 0 Å². The van der Waals surface area contributed by atoms with Crippen LogP contribution in [0, 0.1) is 0 Å². The second-order valence-electron chi connectivity index (χ2n) is 1.18. The molecule has 0 bridgehead atoms. The molecule has 0 atom stereocenters. The summed E-state index contributed by atoms with van der Waals surface area (Å²) < 4.78 is 8.74. The number of hydrogen-bond acceptors (Lipinski definition) is 5. The molecule has 7 nitrogen and oxygen atoms in total. The first-order chi connectivity index (χ1) is 5.56. The number of aliphatic hydroxyl groups excluding tert-OH is 4. The van der Waals surface area contributed by atoms with Crippen LogP contribution < -0.4 is 0 Å². The van der Waals surface area contributed by atoms with Gasteiger partial charge in [-0.2, -0.15) is 0 Å². The van der Waals surface area contributed by atoms with Crippen molar-refractivity contribution in [3.05, 3.63) is 0 Å². The maximum Gasteiger partial charge on any atom is 0.314 e. The highest BCUT2D eigenvalue weighted by atomic mass is 31.1. The lowest BCUT2D eigenvalue weighted by molar-refractivity contribution is 0.186. The van der Waals surface area contributed by atoms with Gasteiger partial charge in [-0.1, -0.05) is 0 Å². The molecule has 0 aliphatic heterocycles. The normalized spacial score (nSPS) is 7.92. The molecule has 78 valence electrons. The van der Waals surface area contributed by atoms with E-state index in [1.54, 1.807) is 0 Å². The van der Waals surface area contributed by atoms with Crippen molar-refractivity contribution < 1.29 is 34.8 Å². The zero-order valence-corrected chi connectivity index (χ0v) is 7.42. The summed E-state index contributed by atoms with van der Waals surface area (Å²) >= 11 is 0. The van der Waals surface area contributed by atoms with Crippen molar-refractivity contribution in [1.82, 2.24) is 0 Å². The van der Waals surface area contributed by atoms with Crippen molar-refractivity contribution in [2.45, 2.75) is 0 Å². The molecule has 0 heterocycles. The van der Waals surface area contributed by atoms with Crippen molar-refractivity contribution in [2.24, 2.45) is 0 Å². The Hall–Kier alpha value is -0.0100. The Bertz CT molecular complexity index is 65.8. The van der Waals surface area contributed by atoms with Crippen LogP contribution in [0.5, 0.6) is 0 Å². The number of rotatable bonds is 2. The van der Waals surface area contributed by atoms with Gasteiger partial charge in [-0.3, -0.25) is 4.57 Å². The molecule has 6 N–H and O–H groups in total. The molecule has 0 radical (unpaired) electrons. The van der Waals surface area contributed by atoms with Crippen LogP contribution in [0.1, 0.15) is 0 Å². The van der Waals surface area contributed by atoms with Gasteiger partial charge in [0.1, 0.15) is 0 Å². The predicted octanol–water partition coefficient (Wildman–Crippen LogP) is -2.70. The Labute approximate surface area is 70.5 Å². The van der Waals surface area contributed by atoms with Crippen LogP contribution in [0.25, 0.3) is 0 Å². The largest absolute Gasteiger partial charge is 0.394 e. The fourth-order valence-corrected chi connectivity index (χ4v) is 0. The van der Waals surface area contributed by atoms with Crippen molar-refractivity contribution in [2.75, 3.05) is 26.4 Å². The van der Waals surface area contributed by atoms with Gasteiger partial charge in [0.05, 0.1) is 26.4 Å². The first-order valence-electron chi connectivity index (χ1n) is 2.92. The number of aliphatic hydroxyl groups is 4. The Morgan fingerprint density at radius 2 is 0.833 bits per heavy atom. The SMILES string of the molecule is O=[PH](O)O.OCCO.OCCO. The molecular weight excluding hydrogens is 191 g/mol. The molecule has 0 saturated heterocycles. The van der Waals surface area contributed by atoms with Gasteiger partial charge < -0.3 is 30.2 Å². The van der Waals surface area contributed by atoms with Crippen LogP contribution in [0.2, 0.25) is 0 Å². The average molecular weight is 206 g/mol. The minimum Gasteiger partial charge on any atom is -0.394 e. The summed E-state index contributed by atoms with van der Waals surface area (Å²) in [6.45, 7) is -0.500. The van der Waals surface area contributed by atoms with Crippen molar-refractivity contribution >= 4 is 8.25 Å². The molecule has 0 aliphatic rings. The Kier molecular flexibility index (Phi) is 33.5. The van der Waals surface area contributed by atoms with E-state index in [1.807, 2.05) is 0 Å². The molecule has 0 aliphatic carbocycles. The van der Waals surface area contributed by atoms with E-state index in [0.29, 0.717) is 0 Å². The third-order valence-electron chi connectivity index (χ3n) is 0.200. The lowest BCUT2D eigenvalue weighted by Gasteiger charge is -1.70. The third kappa shape index (κ3) is 204. The first kappa shape index (κ1) is 17.9. The molecular formula is C4H15O7P. The van der Waals surface area contributed by atoms with Gasteiger partial charge in [-0.25, -0.2) is 0 Å². The fraction of sp³-hybridized carbons (Fsp3) is 1.00. The van der Waals surface area contributed by atoms with Gasteiger partial charge in [-0.05, 0) is 0 Å². The summed E-state index contributed by atoms with van der Waals surface area (Å²) in [5, 5.41) is 30.5. The fourth-order valence-electron chi connectivity index (χ4n) is 0. The molecule has 0 aromatic carbocycles. The van der Waals surface area contributed by atoms with Crippen LogP contribution in [0.15, 0.2) is 0 Å². The summed E-state index contributed by atoms with van der Waals surface area (Å²) in [5.41, 5.74) is 0. The van der Waals surface area contributed by atoms with E-state index in [1.165, 1.54) is 0 Å². The monoisotopic (exact) mass is 206 g/mol. The third-order valence-corrected chi connectivity index (χ3v) is 0.200. The standard InChI is InChI=1S/2C2H6O2.H3O3P/c2*3-1-2-4;1-4(2)3/h2*3-4H,1-2H2;4H,(H2,1,2,3). The van der Waals surface area contributed by atoms with Crippen molar-refractivity contribution in [3.8, 4) is 0 Å². The molecule has 12 heavy (non-hydrogen) atoms. The molecule has 0 aromatic heterocycles. The first-order valence-corrected chi connectivity index (χ1v) is 4.22. The van der Waals surface area contributed by atoms with Gasteiger partial charge in [0.15, 0.2) is 0 Å². The Morgan fingerprint density at radius 3 is 0.833 bits per heavy atom. The summed E-state index contributed by atoms with van der Waals surface area (Å²) in [6, 6.07) is 0. The van der Waals surface area contributed by atoms with Crippen molar-refractivity contribution in [1.29, 1.82) is 0 Å². The molecule has 0 amide bonds. The van der Waals surface area contributed by atoms with Gasteiger partial charge in [-0.15, -0.1) is 0 Å². The summed E-state index contributed by atoms with van der Waals surface area (Å²) in [5.74, 6) is 0. The van der Waals surface area contributed by atoms with E-state index in [0.717, 1.165) is 0 Å². The van der Waals surface area contributed by atoms with Crippen molar-refractivity contribution in [3.63, 3.8) is 0 Å². The highest BCUT2D eigenvalue weighted by molar-refractivity contribution is 7.30. The summed E-state index contributed by atoms with van der Waals surface area (Å²) in [4.78, 5) is 14.3.